The maximum Gasteiger partial charge on any atom is 0.227 e. The summed E-state index contributed by atoms with van der Waals surface area (Å²) in [4.78, 5) is 20.5. The van der Waals surface area contributed by atoms with Gasteiger partial charge in [0.25, 0.3) is 0 Å². The lowest BCUT2D eigenvalue weighted by Crippen LogP contribution is -2.01. The molecule has 0 saturated heterocycles. The van der Waals surface area contributed by atoms with Crippen LogP contribution in [0.4, 0.5) is 0 Å². The standard InChI is InChI=1S/C46H27N5OS/c1-3-13-28(14-4-1)46-47-36-21-11-20-34(42(36)52-46)45-49-43(48-44(50-45)33-19-12-24-40-41(33)32-18-8-10-23-39(32)53-40)29-25-26-38-35(27-29)31-17-7-9-22-37(31)51(38)30-15-5-2-6-16-30/h1-27H. The van der Waals surface area contributed by atoms with Crippen molar-refractivity contribution in [3.8, 4) is 51.3 Å². The second kappa shape index (κ2) is 11.8. The SMILES string of the molecule is c1ccc(-c2nc3cccc(-c4nc(-c5ccc6c(c5)c5ccccc5n6-c5ccccc5)nc(-c5cccc6sc7ccccc7c56)n4)c3o2)cc1. The van der Waals surface area contributed by atoms with Gasteiger partial charge in [0.1, 0.15) is 5.52 Å². The number of benzene rings is 7. The molecule has 0 amide bonds. The molecular weight excluding hydrogens is 671 g/mol. The number of thiophene rings is 1. The van der Waals surface area contributed by atoms with E-state index >= 15 is 0 Å². The first-order valence-electron chi connectivity index (χ1n) is 17.5. The largest absolute Gasteiger partial charge is 0.435 e. The summed E-state index contributed by atoms with van der Waals surface area (Å²) in [5, 5.41) is 4.62. The van der Waals surface area contributed by atoms with Crippen LogP contribution < -0.4 is 0 Å². The van der Waals surface area contributed by atoms with Crippen molar-refractivity contribution in [1.82, 2.24) is 24.5 Å². The van der Waals surface area contributed by atoms with E-state index in [1.165, 1.54) is 14.8 Å². The number of oxazole rings is 1. The normalized spacial score (nSPS) is 11.8. The van der Waals surface area contributed by atoms with Crippen LogP contribution in [0, 0.1) is 0 Å². The smallest absolute Gasteiger partial charge is 0.227 e. The summed E-state index contributed by atoms with van der Waals surface area (Å²) in [7, 11) is 0. The van der Waals surface area contributed by atoms with Crippen molar-refractivity contribution in [2.24, 2.45) is 0 Å². The molecule has 11 aromatic rings. The van der Waals surface area contributed by atoms with E-state index in [-0.39, 0.29) is 0 Å². The third-order valence-corrected chi connectivity index (χ3v) is 11.0. The van der Waals surface area contributed by atoms with E-state index in [1.54, 1.807) is 11.3 Å². The molecular formula is C46H27N5OS. The van der Waals surface area contributed by atoms with Gasteiger partial charge in [-0.05, 0) is 72.8 Å². The minimum atomic E-state index is 0.523. The first-order valence-corrected chi connectivity index (χ1v) is 18.3. The maximum absolute atomic E-state index is 6.48. The van der Waals surface area contributed by atoms with Crippen molar-refractivity contribution in [3.05, 3.63) is 164 Å². The van der Waals surface area contributed by atoms with Gasteiger partial charge in [-0.25, -0.2) is 19.9 Å². The van der Waals surface area contributed by atoms with Gasteiger partial charge in [0.05, 0.1) is 16.6 Å². The number of fused-ring (bicyclic) bond motifs is 7. The molecule has 0 unspecified atom stereocenters. The first-order chi connectivity index (χ1) is 26.3. The summed E-state index contributed by atoms with van der Waals surface area (Å²) >= 11 is 1.78. The third kappa shape index (κ3) is 4.79. The Kier molecular flexibility index (Phi) is 6.62. The molecule has 248 valence electrons. The lowest BCUT2D eigenvalue weighted by atomic mass is 10.0. The zero-order chi connectivity index (χ0) is 34.9. The Morgan fingerprint density at radius 2 is 1.11 bits per heavy atom. The molecule has 0 aliphatic rings. The van der Waals surface area contributed by atoms with Crippen LogP contribution in [0.2, 0.25) is 0 Å². The molecule has 6 nitrogen and oxygen atoms in total. The Morgan fingerprint density at radius 3 is 1.98 bits per heavy atom. The first kappa shape index (κ1) is 29.7. The average molecular weight is 698 g/mol. The summed E-state index contributed by atoms with van der Waals surface area (Å²) in [6.07, 6.45) is 0. The number of rotatable bonds is 5. The average Bonchev–Trinajstić information content (AvgIpc) is 3.93. The van der Waals surface area contributed by atoms with Gasteiger partial charge in [-0.1, -0.05) is 91.0 Å². The van der Waals surface area contributed by atoms with Crippen LogP contribution in [0.5, 0.6) is 0 Å². The van der Waals surface area contributed by atoms with Crippen molar-refractivity contribution in [2.45, 2.75) is 0 Å². The highest BCUT2D eigenvalue weighted by Crippen LogP contribution is 2.41. The Bertz CT molecular complexity index is 3180. The van der Waals surface area contributed by atoms with Crippen molar-refractivity contribution < 1.29 is 4.42 Å². The number of aromatic nitrogens is 5. The van der Waals surface area contributed by atoms with Crippen LogP contribution in [0.25, 0.3) is 104 Å². The summed E-state index contributed by atoms with van der Waals surface area (Å²) in [6.45, 7) is 0. The number of hydrogen-bond acceptors (Lipinski definition) is 6. The molecule has 7 aromatic carbocycles. The van der Waals surface area contributed by atoms with Gasteiger partial charge < -0.3 is 8.98 Å². The second-order valence-corrected chi connectivity index (χ2v) is 14.1. The molecule has 0 aliphatic heterocycles. The highest BCUT2D eigenvalue weighted by atomic mass is 32.1. The van der Waals surface area contributed by atoms with E-state index in [9.17, 15) is 0 Å². The molecule has 7 heteroatoms. The fourth-order valence-corrected chi connectivity index (χ4v) is 8.64. The van der Waals surface area contributed by atoms with Crippen molar-refractivity contribution in [3.63, 3.8) is 0 Å². The lowest BCUT2D eigenvalue weighted by Gasteiger charge is -2.10. The minimum absolute atomic E-state index is 0.523. The van der Waals surface area contributed by atoms with Crippen LogP contribution in [0.15, 0.2) is 168 Å². The molecule has 0 aliphatic carbocycles. The molecule has 0 radical (unpaired) electrons. The molecule has 0 atom stereocenters. The molecule has 0 N–H and O–H groups in total. The highest BCUT2D eigenvalue weighted by Gasteiger charge is 2.21. The molecule has 4 heterocycles. The van der Waals surface area contributed by atoms with E-state index in [0.29, 0.717) is 28.9 Å². The summed E-state index contributed by atoms with van der Waals surface area (Å²) in [5.74, 6) is 2.26. The van der Waals surface area contributed by atoms with Crippen LogP contribution >= 0.6 is 11.3 Å². The number of hydrogen-bond donors (Lipinski definition) is 0. The van der Waals surface area contributed by atoms with Gasteiger partial charge in [0.15, 0.2) is 23.1 Å². The van der Waals surface area contributed by atoms with E-state index in [0.717, 1.165) is 60.6 Å². The van der Waals surface area contributed by atoms with Gasteiger partial charge in [0, 0.05) is 53.3 Å². The maximum atomic E-state index is 6.48. The summed E-state index contributed by atoms with van der Waals surface area (Å²) in [5.41, 5.74) is 8.27. The summed E-state index contributed by atoms with van der Waals surface area (Å²) in [6, 6.07) is 56.3. The molecule has 53 heavy (non-hydrogen) atoms. The van der Waals surface area contributed by atoms with E-state index in [4.69, 9.17) is 24.4 Å². The fraction of sp³-hybridized carbons (Fsp3) is 0. The molecule has 4 aromatic heterocycles. The quantitative estimate of drug-likeness (QED) is 0.179. The zero-order valence-electron chi connectivity index (χ0n) is 28.1. The molecule has 0 bridgehead atoms. The monoisotopic (exact) mass is 697 g/mol. The van der Waals surface area contributed by atoms with Crippen molar-refractivity contribution in [1.29, 1.82) is 0 Å². The fourth-order valence-electron chi connectivity index (χ4n) is 7.50. The molecule has 0 spiro atoms. The van der Waals surface area contributed by atoms with Gasteiger partial charge in [-0.15, -0.1) is 11.3 Å². The summed E-state index contributed by atoms with van der Waals surface area (Å²) < 4.78 is 11.2. The van der Waals surface area contributed by atoms with E-state index in [1.807, 2.05) is 54.6 Å². The van der Waals surface area contributed by atoms with E-state index in [2.05, 4.69) is 114 Å². The minimum Gasteiger partial charge on any atom is -0.435 e. The Labute approximate surface area is 307 Å². The second-order valence-electron chi connectivity index (χ2n) is 13.0. The van der Waals surface area contributed by atoms with Crippen LogP contribution in [0.1, 0.15) is 0 Å². The number of para-hydroxylation sites is 3. The lowest BCUT2D eigenvalue weighted by molar-refractivity contribution is 0.620. The van der Waals surface area contributed by atoms with Crippen LogP contribution in [-0.4, -0.2) is 24.5 Å². The van der Waals surface area contributed by atoms with Gasteiger partial charge in [-0.2, -0.15) is 0 Å². The van der Waals surface area contributed by atoms with Crippen LogP contribution in [-0.2, 0) is 0 Å². The van der Waals surface area contributed by atoms with Crippen LogP contribution in [0.3, 0.4) is 0 Å². The van der Waals surface area contributed by atoms with Gasteiger partial charge in [0.2, 0.25) is 5.89 Å². The highest BCUT2D eigenvalue weighted by molar-refractivity contribution is 7.25. The Morgan fingerprint density at radius 1 is 0.453 bits per heavy atom. The Hall–Kier alpha value is -6.96. The predicted octanol–water partition coefficient (Wildman–Crippen LogP) is 12.1. The molecule has 0 fully saturated rings. The third-order valence-electron chi connectivity index (χ3n) is 9.90. The molecule has 11 rings (SSSR count). The predicted molar refractivity (Wildman–Crippen MR) is 216 cm³/mol. The number of nitrogens with zero attached hydrogens (tertiary/aromatic N) is 5. The Balaban J connectivity index is 1.17. The zero-order valence-corrected chi connectivity index (χ0v) is 29.0. The van der Waals surface area contributed by atoms with E-state index < -0.39 is 0 Å². The van der Waals surface area contributed by atoms with Gasteiger partial charge >= 0.3 is 0 Å². The van der Waals surface area contributed by atoms with Crippen molar-refractivity contribution >= 4 is 64.4 Å². The van der Waals surface area contributed by atoms with Crippen molar-refractivity contribution in [2.75, 3.05) is 0 Å². The topological polar surface area (TPSA) is 69.6 Å². The molecule has 0 saturated carbocycles. The van der Waals surface area contributed by atoms with Gasteiger partial charge in [-0.3, -0.25) is 0 Å².